The Morgan fingerprint density at radius 2 is 2.25 bits per heavy atom. The number of carbonyl (C=O) groups is 1. The molecule has 2 rings (SSSR count). The van der Waals surface area contributed by atoms with Gasteiger partial charge in [0.2, 0.25) is 5.91 Å². The van der Waals surface area contributed by atoms with Crippen LogP contribution < -0.4 is 5.32 Å². The van der Waals surface area contributed by atoms with Crippen LogP contribution in [0.25, 0.3) is 0 Å². The van der Waals surface area contributed by atoms with Gasteiger partial charge in [0.15, 0.2) is 5.17 Å². The number of nitrogens with zero attached hydrogens (tertiary/aromatic N) is 2. The smallest absolute Gasteiger partial charge is 0.224 e. The molecule has 0 aliphatic carbocycles. The normalized spacial score (nSPS) is 25.9. The maximum absolute atomic E-state index is 12.0. The number of amides is 1. The van der Waals surface area contributed by atoms with E-state index < -0.39 is 0 Å². The predicted molar refractivity (Wildman–Crippen MR) is 83.2 cm³/mol. The number of nitrogens with one attached hydrogen (secondary N) is 1. The lowest BCUT2D eigenvalue weighted by atomic mass is 10.0. The van der Waals surface area contributed by atoms with E-state index in [9.17, 15) is 4.79 Å². The molecule has 5 nitrogen and oxygen atoms in total. The second-order valence-corrected chi connectivity index (χ2v) is 6.65. The molecule has 1 unspecified atom stereocenters. The van der Waals surface area contributed by atoms with Crippen LogP contribution in [0.4, 0.5) is 0 Å². The molecule has 2 heterocycles. The van der Waals surface area contributed by atoms with Crippen molar-refractivity contribution in [3.8, 4) is 0 Å². The van der Waals surface area contributed by atoms with Crippen molar-refractivity contribution in [2.24, 2.45) is 10.9 Å². The van der Waals surface area contributed by atoms with E-state index in [-0.39, 0.29) is 5.91 Å². The third-order valence-electron chi connectivity index (χ3n) is 3.73. The fourth-order valence-corrected chi connectivity index (χ4v) is 3.35. The molecule has 20 heavy (non-hydrogen) atoms. The highest BCUT2D eigenvalue weighted by Gasteiger charge is 2.20. The zero-order valence-electron chi connectivity index (χ0n) is 12.4. The molecule has 2 aliphatic heterocycles. The lowest BCUT2D eigenvalue weighted by Crippen LogP contribution is -2.42. The van der Waals surface area contributed by atoms with Crippen molar-refractivity contribution < 1.29 is 9.53 Å². The molecule has 0 saturated carbocycles. The molecule has 0 aromatic rings. The zero-order chi connectivity index (χ0) is 14.4. The highest BCUT2D eigenvalue weighted by Crippen LogP contribution is 2.18. The summed E-state index contributed by atoms with van der Waals surface area (Å²) in [6, 6.07) is 0.518. The third kappa shape index (κ3) is 4.66. The van der Waals surface area contributed by atoms with E-state index >= 15 is 0 Å². The zero-order valence-corrected chi connectivity index (χ0v) is 13.2. The molecule has 0 bridgehead atoms. The van der Waals surface area contributed by atoms with Crippen molar-refractivity contribution in [2.45, 2.75) is 32.7 Å². The van der Waals surface area contributed by atoms with Gasteiger partial charge in [0, 0.05) is 31.3 Å². The Kier molecular flexibility index (Phi) is 6.16. The van der Waals surface area contributed by atoms with Gasteiger partial charge in [-0.25, -0.2) is 0 Å². The Balaban J connectivity index is 1.73. The number of aliphatic imine (C=N–C) groups is 1. The number of hydrogen-bond acceptors (Lipinski definition) is 4. The monoisotopic (exact) mass is 299 g/mol. The molecular weight excluding hydrogens is 274 g/mol. The number of thioether (sulfide) groups is 1. The Bertz CT molecular complexity index is 354. The molecule has 0 spiro atoms. The van der Waals surface area contributed by atoms with Crippen LogP contribution in [-0.4, -0.2) is 60.6 Å². The summed E-state index contributed by atoms with van der Waals surface area (Å²) in [7, 11) is 0. The van der Waals surface area contributed by atoms with Gasteiger partial charge < -0.3 is 15.0 Å². The minimum Gasteiger partial charge on any atom is -0.378 e. The molecule has 0 aromatic carbocycles. The number of rotatable bonds is 4. The van der Waals surface area contributed by atoms with Gasteiger partial charge in [-0.3, -0.25) is 9.79 Å². The van der Waals surface area contributed by atoms with Crippen molar-refractivity contribution >= 4 is 22.8 Å². The van der Waals surface area contributed by atoms with Crippen molar-refractivity contribution in [2.75, 3.05) is 38.6 Å². The van der Waals surface area contributed by atoms with Crippen LogP contribution in [-0.2, 0) is 9.53 Å². The van der Waals surface area contributed by atoms with Gasteiger partial charge in [0.1, 0.15) is 0 Å². The summed E-state index contributed by atoms with van der Waals surface area (Å²) in [5.41, 5.74) is 0. The molecule has 6 heteroatoms. The van der Waals surface area contributed by atoms with Crippen molar-refractivity contribution in [1.82, 2.24) is 10.2 Å². The van der Waals surface area contributed by atoms with E-state index in [1.165, 1.54) is 6.42 Å². The van der Waals surface area contributed by atoms with Crippen molar-refractivity contribution in [1.29, 1.82) is 0 Å². The molecule has 1 atom stereocenters. The average Bonchev–Trinajstić information content (AvgIpc) is 2.48. The largest absolute Gasteiger partial charge is 0.378 e. The van der Waals surface area contributed by atoms with Crippen LogP contribution >= 0.6 is 11.8 Å². The Hall–Kier alpha value is -0.750. The molecule has 1 amide bonds. The summed E-state index contributed by atoms with van der Waals surface area (Å²) in [6.07, 6.45) is 1.69. The second kappa shape index (κ2) is 7.88. The summed E-state index contributed by atoms with van der Waals surface area (Å²) in [5, 5.41) is 4.48. The Labute approximate surface area is 125 Å². The van der Waals surface area contributed by atoms with Crippen LogP contribution in [0.5, 0.6) is 0 Å². The van der Waals surface area contributed by atoms with Crippen LogP contribution in [0.1, 0.15) is 26.7 Å². The SMILES string of the molecule is CC(C)C1CCSC(=NCCC(=O)N2CCOCC2)N1. The number of amidine groups is 1. The molecule has 2 aliphatic rings. The first-order valence-corrected chi connectivity index (χ1v) is 8.44. The van der Waals surface area contributed by atoms with Crippen LogP contribution in [0.3, 0.4) is 0 Å². The Morgan fingerprint density at radius 3 is 2.95 bits per heavy atom. The van der Waals surface area contributed by atoms with E-state index in [1.807, 2.05) is 4.90 Å². The summed E-state index contributed by atoms with van der Waals surface area (Å²) in [5.74, 6) is 1.93. The number of morpholine rings is 1. The maximum Gasteiger partial charge on any atom is 0.224 e. The Morgan fingerprint density at radius 1 is 1.50 bits per heavy atom. The minimum absolute atomic E-state index is 0.193. The quantitative estimate of drug-likeness (QED) is 0.851. The van der Waals surface area contributed by atoms with Crippen molar-refractivity contribution in [3.05, 3.63) is 0 Å². The summed E-state index contributed by atoms with van der Waals surface area (Å²) < 4.78 is 5.25. The van der Waals surface area contributed by atoms with Gasteiger partial charge in [-0.2, -0.15) is 0 Å². The molecule has 2 saturated heterocycles. The van der Waals surface area contributed by atoms with Gasteiger partial charge in [0.05, 0.1) is 19.8 Å². The van der Waals surface area contributed by atoms with E-state index in [0.29, 0.717) is 38.1 Å². The fourth-order valence-electron chi connectivity index (χ4n) is 2.37. The lowest BCUT2D eigenvalue weighted by Gasteiger charge is -2.28. The molecule has 0 radical (unpaired) electrons. The first-order chi connectivity index (χ1) is 9.66. The molecule has 0 aromatic heterocycles. The molecule has 1 N–H and O–H groups in total. The van der Waals surface area contributed by atoms with Crippen molar-refractivity contribution in [3.63, 3.8) is 0 Å². The highest BCUT2D eigenvalue weighted by atomic mass is 32.2. The number of hydrogen-bond donors (Lipinski definition) is 1. The van der Waals surface area contributed by atoms with Crippen LogP contribution in [0.2, 0.25) is 0 Å². The standard InChI is InChI=1S/C14H25N3O2S/c1-11(2)12-4-10-20-14(16-12)15-5-3-13(18)17-6-8-19-9-7-17/h11-12H,3-10H2,1-2H3,(H,15,16). The fraction of sp³-hybridized carbons (Fsp3) is 0.857. The molecule has 114 valence electrons. The van der Waals surface area contributed by atoms with Crippen LogP contribution in [0.15, 0.2) is 4.99 Å². The maximum atomic E-state index is 12.0. The summed E-state index contributed by atoms with van der Waals surface area (Å²) in [4.78, 5) is 18.4. The lowest BCUT2D eigenvalue weighted by molar-refractivity contribution is -0.135. The summed E-state index contributed by atoms with van der Waals surface area (Å²) >= 11 is 1.77. The van der Waals surface area contributed by atoms with E-state index in [1.54, 1.807) is 11.8 Å². The van der Waals surface area contributed by atoms with E-state index in [0.717, 1.165) is 24.0 Å². The first kappa shape index (κ1) is 15.6. The topological polar surface area (TPSA) is 53.9 Å². The first-order valence-electron chi connectivity index (χ1n) is 7.46. The van der Waals surface area contributed by atoms with E-state index in [4.69, 9.17) is 4.74 Å². The van der Waals surface area contributed by atoms with Crippen LogP contribution in [0, 0.1) is 5.92 Å². The molecular formula is C14H25N3O2S. The number of carbonyl (C=O) groups excluding carboxylic acids is 1. The van der Waals surface area contributed by atoms with Gasteiger partial charge in [-0.15, -0.1) is 0 Å². The molecule has 2 fully saturated rings. The summed E-state index contributed by atoms with van der Waals surface area (Å²) in [6.45, 7) is 7.80. The van der Waals surface area contributed by atoms with E-state index in [2.05, 4.69) is 24.2 Å². The highest BCUT2D eigenvalue weighted by molar-refractivity contribution is 8.13. The van der Waals surface area contributed by atoms with Gasteiger partial charge >= 0.3 is 0 Å². The second-order valence-electron chi connectivity index (χ2n) is 5.56. The van der Waals surface area contributed by atoms with Gasteiger partial charge in [-0.05, 0) is 12.3 Å². The van der Waals surface area contributed by atoms with Gasteiger partial charge in [-0.1, -0.05) is 25.6 Å². The minimum atomic E-state index is 0.193. The third-order valence-corrected chi connectivity index (χ3v) is 4.69. The average molecular weight is 299 g/mol. The number of ether oxygens (including phenoxy) is 1. The predicted octanol–water partition coefficient (Wildman–Crippen LogP) is 1.34. The van der Waals surface area contributed by atoms with Gasteiger partial charge in [0.25, 0.3) is 0 Å².